The summed E-state index contributed by atoms with van der Waals surface area (Å²) in [5, 5.41) is 6.04. The van der Waals surface area contributed by atoms with Crippen molar-refractivity contribution in [3.05, 3.63) is 52.0 Å². The van der Waals surface area contributed by atoms with E-state index in [0.717, 1.165) is 16.3 Å². The molecule has 3 rings (SSSR count). The van der Waals surface area contributed by atoms with Crippen LogP contribution < -0.4 is 5.32 Å². The predicted molar refractivity (Wildman–Crippen MR) is 98.2 cm³/mol. The van der Waals surface area contributed by atoms with Crippen molar-refractivity contribution in [2.45, 2.75) is 32.7 Å². The summed E-state index contributed by atoms with van der Waals surface area (Å²) in [5.74, 6) is -0.0711. The second-order valence-electron chi connectivity index (χ2n) is 6.63. The lowest BCUT2D eigenvalue weighted by Crippen LogP contribution is -2.34. The van der Waals surface area contributed by atoms with Gasteiger partial charge in [0.15, 0.2) is 0 Å². The van der Waals surface area contributed by atoms with Crippen LogP contribution in [-0.2, 0) is 16.1 Å². The molecule has 1 N–H and O–H groups in total. The van der Waals surface area contributed by atoms with Crippen molar-refractivity contribution in [1.82, 2.24) is 15.2 Å². The van der Waals surface area contributed by atoms with E-state index < -0.39 is 0 Å². The van der Waals surface area contributed by atoms with Crippen LogP contribution in [0.5, 0.6) is 0 Å². The Morgan fingerprint density at radius 1 is 1.40 bits per heavy atom. The maximum Gasteiger partial charge on any atom is 0.225 e. The molecule has 2 aromatic rings. The van der Waals surface area contributed by atoms with Gasteiger partial charge in [0.2, 0.25) is 11.8 Å². The molecule has 5 nitrogen and oxygen atoms in total. The van der Waals surface area contributed by atoms with Gasteiger partial charge in [-0.15, -0.1) is 11.3 Å². The van der Waals surface area contributed by atoms with Gasteiger partial charge in [-0.1, -0.05) is 37.3 Å². The molecule has 6 heteroatoms. The summed E-state index contributed by atoms with van der Waals surface area (Å²) in [6, 6.07) is 9.87. The van der Waals surface area contributed by atoms with Crippen LogP contribution in [-0.4, -0.2) is 34.8 Å². The molecule has 0 bridgehead atoms. The summed E-state index contributed by atoms with van der Waals surface area (Å²) in [7, 11) is 0. The van der Waals surface area contributed by atoms with Gasteiger partial charge in [-0.2, -0.15) is 0 Å². The second kappa shape index (κ2) is 7.78. The molecular weight excluding hydrogens is 334 g/mol. The minimum Gasteiger partial charge on any atom is -0.355 e. The van der Waals surface area contributed by atoms with E-state index in [0.29, 0.717) is 26.1 Å². The third kappa shape index (κ3) is 4.45. The van der Waals surface area contributed by atoms with E-state index in [4.69, 9.17) is 0 Å². The third-order valence-corrected chi connectivity index (χ3v) is 5.64. The zero-order chi connectivity index (χ0) is 17.8. The number of thiazole rings is 1. The molecule has 0 saturated carbocycles. The van der Waals surface area contributed by atoms with Crippen molar-refractivity contribution in [2.75, 3.05) is 13.1 Å². The quantitative estimate of drug-likeness (QED) is 0.865. The maximum atomic E-state index is 12.4. The van der Waals surface area contributed by atoms with E-state index in [-0.39, 0.29) is 23.7 Å². The Balaban J connectivity index is 1.50. The number of nitrogens with one attached hydrogen (secondary N) is 1. The van der Waals surface area contributed by atoms with Crippen molar-refractivity contribution >= 4 is 23.2 Å². The van der Waals surface area contributed by atoms with Crippen LogP contribution in [0.2, 0.25) is 0 Å². The summed E-state index contributed by atoms with van der Waals surface area (Å²) in [4.78, 5) is 30.8. The fourth-order valence-corrected chi connectivity index (χ4v) is 3.84. The summed E-state index contributed by atoms with van der Waals surface area (Å²) < 4.78 is 0. The number of likely N-dealkylation sites (tertiary alicyclic amines) is 1. The molecule has 0 aliphatic carbocycles. The second-order valence-corrected chi connectivity index (χ2v) is 7.52. The molecule has 2 atom stereocenters. The van der Waals surface area contributed by atoms with Crippen LogP contribution in [0.15, 0.2) is 35.7 Å². The van der Waals surface area contributed by atoms with Crippen molar-refractivity contribution in [3.63, 3.8) is 0 Å². The molecule has 0 radical (unpaired) electrons. The Morgan fingerprint density at radius 3 is 2.84 bits per heavy atom. The number of aryl methyl sites for hydroxylation is 1. The lowest BCUT2D eigenvalue weighted by atomic mass is 10.1. The van der Waals surface area contributed by atoms with Gasteiger partial charge in [-0.05, 0) is 12.5 Å². The molecule has 1 saturated heterocycles. The first-order valence-corrected chi connectivity index (χ1v) is 9.42. The molecule has 1 aliphatic heterocycles. The van der Waals surface area contributed by atoms with Crippen molar-refractivity contribution < 1.29 is 9.59 Å². The smallest absolute Gasteiger partial charge is 0.225 e. The fraction of sp³-hybridized carbons (Fsp3) is 0.421. The van der Waals surface area contributed by atoms with Gasteiger partial charge in [0, 0.05) is 43.0 Å². The highest BCUT2D eigenvalue weighted by Gasteiger charge is 2.34. The molecule has 1 aromatic heterocycles. The van der Waals surface area contributed by atoms with E-state index in [1.165, 1.54) is 0 Å². The minimum absolute atomic E-state index is 0.0379. The largest absolute Gasteiger partial charge is 0.355 e. The van der Waals surface area contributed by atoms with Crippen LogP contribution >= 0.6 is 11.3 Å². The highest BCUT2D eigenvalue weighted by Crippen LogP contribution is 2.22. The Kier molecular flexibility index (Phi) is 5.48. The van der Waals surface area contributed by atoms with Crippen LogP contribution in [0.25, 0.3) is 0 Å². The van der Waals surface area contributed by atoms with E-state index in [2.05, 4.69) is 17.2 Å². The van der Waals surface area contributed by atoms with Gasteiger partial charge in [0.25, 0.3) is 0 Å². The average molecular weight is 357 g/mol. The summed E-state index contributed by atoms with van der Waals surface area (Å²) in [5.41, 5.74) is 2.10. The SMILES string of the molecule is Cc1csc([C@H](C)CNC(=O)[C@H]2CC(=O)N(Cc3ccccc3)C2)n1. The third-order valence-electron chi connectivity index (χ3n) is 4.44. The number of amides is 2. The molecule has 25 heavy (non-hydrogen) atoms. The van der Waals surface area contributed by atoms with Crippen LogP contribution in [0.1, 0.15) is 35.5 Å². The number of nitrogens with zero attached hydrogens (tertiary/aromatic N) is 2. The minimum atomic E-state index is -0.263. The van der Waals surface area contributed by atoms with Gasteiger partial charge in [0.05, 0.1) is 10.9 Å². The predicted octanol–water partition coefficient (Wildman–Crippen LogP) is 2.72. The van der Waals surface area contributed by atoms with Gasteiger partial charge in [-0.25, -0.2) is 4.98 Å². The Morgan fingerprint density at radius 2 is 2.16 bits per heavy atom. The molecule has 2 amide bonds. The molecule has 1 fully saturated rings. The molecule has 2 heterocycles. The Hall–Kier alpha value is -2.21. The first-order valence-electron chi connectivity index (χ1n) is 8.54. The highest BCUT2D eigenvalue weighted by atomic mass is 32.1. The average Bonchev–Trinajstić information content (AvgIpc) is 3.20. The lowest BCUT2D eigenvalue weighted by molar-refractivity contribution is -0.129. The van der Waals surface area contributed by atoms with E-state index in [1.807, 2.05) is 42.6 Å². The molecular formula is C19H23N3O2S. The van der Waals surface area contributed by atoms with Gasteiger partial charge >= 0.3 is 0 Å². The monoisotopic (exact) mass is 357 g/mol. The standard InChI is InChI=1S/C19H23N3O2S/c1-13(19-21-14(2)12-25-19)9-20-18(24)16-8-17(23)22(11-16)10-15-6-4-3-5-7-15/h3-7,12-13,16H,8-11H2,1-2H3,(H,20,24)/t13-,16+/m1/s1. The topological polar surface area (TPSA) is 62.3 Å². The number of carbonyl (C=O) groups excluding carboxylic acids is 2. The van der Waals surface area contributed by atoms with Crippen molar-refractivity contribution in [1.29, 1.82) is 0 Å². The summed E-state index contributed by atoms with van der Waals surface area (Å²) in [6.45, 7) is 5.63. The first kappa shape index (κ1) is 17.6. The first-order chi connectivity index (χ1) is 12.0. The number of carbonyl (C=O) groups is 2. The number of hydrogen-bond acceptors (Lipinski definition) is 4. The summed E-state index contributed by atoms with van der Waals surface area (Å²) in [6.07, 6.45) is 0.295. The zero-order valence-corrected chi connectivity index (χ0v) is 15.4. The zero-order valence-electron chi connectivity index (χ0n) is 14.6. The Labute approximate surface area is 152 Å². The van der Waals surface area contributed by atoms with Crippen LogP contribution in [0.4, 0.5) is 0 Å². The molecule has 1 aromatic carbocycles. The summed E-state index contributed by atoms with van der Waals surface area (Å²) >= 11 is 1.62. The number of rotatable bonds is 6. The number of benzene rings is 1. The van der Waals surface area contributed by atoms with Crippen molar-refractivity contribution in [2.24, 2.45) is 5.92 Å². The van der Waals surface area contributed by atoms with Gasteiger partial charge < -0.3 is 10.2 Å². The van der Waals surface area contributed by atoms with E-state index in [9.17, 15) is 9.59 Å². The molecule has 132 valence electrons. The Bertz CT molecular complexity index is 744. The lowest BCUT2D eigenvalue weighted by Gasteiger charge is -2.17. The molecule has 0 unspecified atom stereocenters. The van der Waals surface area contributed by atoms with Crippen LogP contribution in [0.3, 0.4) is 0 Å². The molecule has 0 spiro atoms. The van der Waals surface area contributed by atoms with E-state index >= 15 is 0 Å². The maximum absolute atomic E-state index is 12.4. The van der Waals surface area contributed by atoms with E-state index in [1.54, 1.807) is 16.2 Å². The highest BCUT2D eigenvalue weighted by molar-refractivity contribution is 7.09. The fourth-order valence-electron chi connectivity index (χ4n) is 2.99. The number of hydrogen-bond donors (Lipinski definition) is 1. The van der Waals surface area contributed by atoms with Crippen LogP contribution in [0, 0.1) is 12.8 Å². The number of aromatic nitrogens is 1. The van der Waals surface area contributed by atoms with Gasteiger partial charge in [0.1, 0.15) is 0 Å². The van der Waals surface area contributed by atoms with Crippen molar-refractivity contribution in [3.8, 4) is 0 Å². The van der Waals surface area contributed by atoms with Gasteiger partial charge in [-0.3, -0.25) is 9.59 Å². The molecule has 1 aliphatic rings. The normalized spacial score (nSPS) is 18.4.